The number of hydrogen-bond acceptors (Lipinski definition) is 1. The smallest absolute Gasteiger partial charge is 0.134 e. The Morgan fingerprint density at radius 3 is 1.92 bits per heavy atom. The van der Waals surface area contributed by atoms with E-state index in [2.05, 4.69) is 24.3 Å². The van der Waals surface area contributed by atoms with Gasteiger partial charge in [0.15, 0.2) is 0 Å². The summed E-state index contributed by atoms with van der Waals surface area (Å²) in [5.41, 5.74) is 0. The van der Waals surface area contributed by atoms with Crippen molar-refractivity contribution in [3.63, 3.8) is 0 Å². The van der Waals surface area contributed by atoms with Crippen LogP contribution in [-0.4, -0.2) is 5.78 Å². The molecule has 62 valence electrons. The van der Waals surface area contributed by atoms with Crippen LogP contribution in [0.3, 0.4) is 0 Å². The molecule has 0 aromatic carbocycles. The van der Waals surface area contributed by atoms with E-state index in [4.69, 9.17) is 0 Å². The molecule has 0 fully saturated rings. The highest BCUT2D eigenvalue weighted by molar-refractivity contribution is 5.80. The van der Waals surface area contributed by atoms with Crippen molar-refractivity contribution in [3.8, 4) is 0 Å². The molecule has 0 amide bonds. The largest absolute Gasteiger partial charge is 0.300 e. The fourth-order valence-corrected chi connectivity index (χ4v) is 1.71. The van der Waals surface area contributed by atoms with Gasteiger partial charge in [0, 0.05) is 24.7 Å². The third-order valence-electron chi connectivity index (χ3n) is 2.36. The second kappa shape index (κ2) is 3.10. The van der Waals surface area contributed by atoms with Crippen LogP contribution in [0.1, 0.15) is 12.8 Å². The second-order valence-corrected chi connectivity index (χ2v) is 3.43. The maximum Gasteiger partial charge on any atom is 0.134 e. The van der Waals surface area contributed by atoms with E-state index in [1.807, 2.05) is 12.2 Å². The van der Waals surface area contributed by atoms with E-state index >= 15 is 0 Å². The maximum atomic E-state index is 11.3. The van der Waals surface area contributed by atoms with Crippen LogP contribution in [0.5, 0.6) is 0 Å². The fourth-order valence-electron chi connectivity index (χ4n) is 1.71. The zero-order valence-corrected chi connectivity index (χ0v) is 6.94. The van der Waals surface area contributed by atoms with Crippen molar-refractivity contribution >= 4 is 5.78 Å². The summed E-state index contributed by atoms with van der Waals surface area (Å²) >= 11 is 0. The molecular formula is C11H12O. The van der Waals surface area contributed by atoms with Gasteiger partial charge in [0.05, 0.1) is 0 Å². The third-order valence-corrected chi connectivity index (χ3v) is 2.36. The first kappa shape index (κ1) is 7.53. The van der Waals surface area contributed by atoms with Crippen LogP contribution in [0.2, 0.25) is 0 Å². The van der Waals surface area contributed by atoms with Gasteiger partial charge in [-0.2, -0.15) is 0 Å². The standard InChI is InChI=1S/C11H12O/c12-11-7-9-3-1-2-4-10(8-11)6-5-9/h1-6,9-10H,7-8H2/b3-1-,4-2-/t9-,10+. The van der Waals surface area contributed by atoms with E-state index in [0.717, 1.165) is 0 Å². The SMILES string of the molecule is O=C1C[C@@H]2C=C[C@@H](/C=C\C=C/2)C1. The van der Waals surface area contributed by atoms with Gasteiger partial charge in [-0.3, -0.25) is 4.79 Å². The highest BCUT2D eigenvalue weighted by atomic mass is 16.1. The van der Waals surface area contributed by atoms with Crippen molar-refractivity contribution in [1.82, 2.24) is 0 Å². The lowest BCUT2D eigenvalue weighted by Crippen LogP contribution is -2.03. The Hall–Kier alpha value is -1.11. The maximum absolute atomic E-state index is 11.3. The summed E-state index contributed by atoms with van der Waals surface area (Å²) in [5.74, 6) is 1.06. The van der Waals surface area contributed by atoms with Gasteiger partial charge in [0.1, 0.15) is 5.78 Å². The van der Waals surface area contributed by atoms with E-state index in [1.165, 1.54) is 0 Å². The van der Waals surface area contributed by atoms with Crippen LogP contribution in [0.15, 0.2) is 36.5 Å². The molecule has 2 bridgehead atoms. The van der Waals surface area contributed by atoms with E-state index in [-0.39, 0.29) is 0 Å². The molecular weight excluding hydrogens is 148 g/mol. The van der Waals surface area contributed by atoms with Gasteiger partial charge in [0.25, 0.3) is 0 Å². The highest BCUT2D eigenvalue weighted by Gasteiger charge is 2.17. The van der Waals surface area contributed by atoms with Crippen LogP contribution in [0.25, 0.3) is 0 Å². The average Bonchev–Trinajstić information content (AvgIpc) is 2.11. The third kappa shape index (κ3) is 1.55. The Labute approximate surface area is 72.5 Å². The van der Waals surface area contributed by atoms with Crippen molar-refractivity contribution in [1.29, 1.82) is 0 Å². The van der Waals surface area contributed by atoms with Gasteiger partial charge < -0.3 is 0 Å². The Bertz CT molecular complexity index is 245. The molecule has 0 heterocycles. The Morgan fingerprint density at radius 1 is 0.917 bits per heavy atom. The lowest BCUT2D eigenvalue weighted by atomic mass is 10.0. The van der Waals surface area contributed by atoms with Gasteiger partial charge in [-0.25, -0.2) is 0 Å². The van der Waals surface area contributed by atoms with Crippen molar-refractivity contribution < 1.29 is 4.79 Å². The number of allylic oxidation sites excluding steroid dienone is 6. The molecule has 0 radical (unpaired) electrons. The van der Waals surface area contributed by atoms with Gasteiger partial charge in [-0.05, 0) is 0 Å². The molecule has 0 spiro atoms. The first-order valence-corrected chi connectivity index (χ1v) is 4.39. The predicted octanol–water partition coefficient (Wildman–Crippen LogP) is 2.26. The molecule has 1 nitrogen and oxygen atoms in total. The van der Waals surface area contributed by atoms with E-state index in [9.17, 15) is 4.79 Å². The predicted molar refractivity (Wildman–Crippen MR) is 48.6 cm³/mol. The summed E-state index contributed by atoms with van der Waals surface area (Å²) in [6, 6.07) is 0. The topological polar surface area (TPSA) is 17.1 Å². The zero-order valence-electron chi connectivity index (χ0n) is 6.94. The number of fused-ring (bicyclic) bond motifs is 2. The molecule has 2 atom stereocenters. The van der Waals surface area contributed by atoms with Gasteiger partial charge >= 0.3 is 0 Å². The van der Waals surface area contributed by atoms with Crippen molar-refractivity contribution in [2.75, 3.05) is 0 Å². The van der Waals surface area contributed by atoms with E-state index < -0.39 is 0 Å². The Balaban J connectivity index is 2.31. The van der Waals surface area contributed by atoms with Crippen molar-refractivity contribution in [2.24, 2.45) is 11.8 Å². The first-order valence-electron chi connectivity index (χ1n) is 4.39. The van der Waals surface area contributed by atoms with Gasteiger partial charge in [0.2, 0.25) is 0 Å². The van der Waals surface area contributed by atoms with Crippen molar-refractivity contribution in [3.05, 3.63) is 36.5 Å². The molecule has 0 aromatic heterocycles. The normalized spacial score (nSPS) is 38.5. The number of carbonyl (C=O) groups excluding carboxylic acids is 1. The van der Waals surface area contributed by atoms with Gasteiger partial charge in [-0.1, -0.05) is 36.5 Å². The minimum Gasteiger partial charge on any atom is -0.300 e. The minimum absolute atomic E-state index is 0.340. The number of carbonyl (C=O) groups is 1. The molecule has 2 aliphatic rings. The number of rotatable bonds is 0. The second-order valence-electron chi connectivity index (χ2n) is 3.43. The van der Waals surface area contributed by atoms with Crippen LogP contribution >= 0.6 is 0 Å². The summed E-state index contributed by atoms with van der Waals surface area (Å²) < 4.78 is 0. The first-order chi connectivity index (χ1) is 5.84. The van der Waals surface area contributed by atoms with E-state index in [1.54, 1.807) is 0 Å². The van der Waals surface area contributed by atoms with Crippen LogP contribution in [0, 0.1) is 11.8 Å². The van der Waals surface area contributed by atoms with Crippen LogP contribution < -0.4 is 0 Å². The molecule has 0 saturated heterocycles. The summed E-state index contributed by atoms with van der Waals surface area (Å²) in [5, 5.41) is 0. The van der Waals surface area contributed by atoms with Gasteiger partial charge in [-0.15, -0.1) is 0 Å². The fraction of sp³-hybridized carbons (Fsp3) is 0.364. The molecule has 1 heteroatoms. The van der Waals surface area contributed by atoms with Crippen LogP contribution in [0.4, 0.5) is 0 Å². The minimum atomic E-state index is 0.340. The van der Waals surface area contributed by atoms with Crippen LogP contribution in [-0.2, 0) is 4.79 Å². The van der Waals surface area contributed by atoms with Crippen molar-refractivity contribution in [2.45, 2.75) is 12.8 Å². The lowest BCUT2D eigenvalue weighted by Gasteiger charge is -2.01. The molecule has 0 aromatic rings. The molecule has 0 unspecified atom stereocenters. The molecule has 0 aliphatic heterocycles. The molecule has 2 rings (SSSR count). The summed E-state index contributed by atoms with van der Waals surface area (Å²) in [6.45, 7) is 0. The molecule has 12 heavy (non-hydrogen) atoms. The zero-order chi connectivity index (χ0) is 8.39. The molecule has 2 aliphatic carbocycles. The monoisotopic (exact) mass is 160 g/mol. The molecule has 0 N–H and O–H groups in total. The number of Topliss-reactive ketones (excluding diaryl/α,β-unsaturated/α-hetero) is 1. The summed E-state index contributed by atoms with van der Waals surface area (Å²) in [7, 11) is 0. The lowest BCUT2D eigenvalue weighted by molar-refractivity contribution is -0.119. The highest BCUT2D eigenvalue weighted by Crippen LogP contribution is 2.22. The number of ketones is 1. The average molecular weight is 160 g/mol. The summed E-state index contributed by atoms with van der Waals surface area (Å²) in [4.78, 5) is 11.3. The quantitative estimate of drug-likeness (QED) is 0.497. The Morgan fingerprint density at radius 2 is 1.42 bits per heavy atom. The Kier molecular flexibility index (Phi) is 1.94. The summed E-state index contributed by atoms with van der Waals surface area (Å²) in [6.07, 6.45) is 13.9. The number of hydrogen-bond donors (Lipinski definition) is 0. The molecule has 0 saturated carbocycles. The van der Waals surface area contributed by atoms with E-state index in [0.29, 0.717) is 30.5 Å².